The lowest BCUT2D eigenvalue weighted by molar-refractivity contribution is 0.212. The van der Waals surface area contributed by atoms with Gasteiger partial charge < -0.3 is 9.80 Å². The molecule has 0 atom stereocenters. The first-order valence-corrected chi connectivity index (χ1v) is 10.7. The fraction of sp³-hybridized carbons (Fsp3) is 0.409. The molecule has 3 aromatic rings. The Morgan fingerprint density at radius 3 is 2.70 bits per heavy atom. The number of halogens is 1. The van der Waals surface area contributed by atoms with Gasteiger partial charge in [0, 0.05) is 37.9 Å². The number of aromatic nitrogens is 1. The van der Waals surface area contributed by atoms with E-state index in [1.54, 1.807) is 23.5 Å². The van der Waals surface area contributed by atoms with Gasteiger partial charge in [0.25, 0.3) is 0 Å². The first kappa shape index (κ1) is 17.1. The zero-order chi connectivity index (χ0) is 18.2. The number of likely N-dealkylation sites (tertiary alicyclic amines) is 1. The highest BCUT2D eigenvalue weighted by Crippen LogP contribution is 2.36. The van der Waals surface area contributed by atoms with Gasteiger partial charge in [0.05, 0.1) is 15.7 Å². The Hall–Kier alpha value is -1.98. The molecule has 2 aliphatic rings. The summed E-state index contributed by atoms with van der Waals surface area (Å²) < 4.78 is 14.3. The van der Waals surface area contributed by atoms with E-state index in [4.69, 9.17) is 0 Å². The maximum absolute atomic E-state index is 13.0. The first-order chi connectivity index (χ1) is 13.3. The van der Waals surface area contributed by atoms with Gasteiger partial charge in [-0.25, -0.2) is 9.37 Å². The van der Waals surface area contributed by atoms with Crippen LogP contribution in [0.25, 0.3) is 10.2 Å². The number of piperidine rings is 1. The topological polar surface area (TPSA) is 19.4 Å². The molecule has 2 aliphatic heterocycles. The maximum Gasteiger partial charge on any atom is 0.123 e. The number of nitrogens with zero attached hydrogens (tertiary/aromatic N) is 3. The minimum atomic E-state index is -0.152. The molecule has 0 unspecified atom stereocenters. The minimum absolute atomic E-state index is 0.152. The third-order valence-corrected chi connectivity index (χ3v) is 6.88. The summed E-state index contributed by atoms with van der Waals surface area (Å²) in [5, 5.41) is 0. The van der Waals surface area contributed by atoms with Crippen LogP contribution in [0.15, 0.2) is 41.9 Å². The number of hydrogen-bond donors (Lipinski definition) is 0. The van der Waals surface area contributed by atoms with Gasteiger partial charge in [0.1, 0.15) is 5.82 Å². The average molecular weight is 382 g/mol. The second-order valence-electron chi connectivity index (χ2n) is 7.69. The highest BCUT2D eigenvalue weighted by atomic mass is 32.1. The molecule has 2 aromatic carbocycles. The fourth-order valence-corrected chi connectivity index (χ4v) is 5.26. The number of thiazole rings is 1. The van der Waals surface area contributed by atoms with Crippen LogP contribution >= 0.6 is 11.3 Å². The molecule has 5 rings (SSSR count). The molecule has 5 heteroatoms. The zero-order valence-electron chi connectivity index (χ0n) is 15.4. The van der Waals surface area contributed by atoms with Crippen LogP contribution in [-0.4, -0.2) is 42.1 Å². The van der Waals surface area contributed by atoms with Crippen LogP contribution in [0.3, 0.4) is 0 Å². The summed E-state index contributed by atoms with van der Waals surface area (Å²) in [6.45, 7) is 4.51. The summed E-state index contributed by atoms with van der Waals surface area (Å²) in [5.41, 5.74) is 7.22. The van der Waals surface area contributed by atoms with E-state index < -0.39 is 0 Å². The molecular formula is C22H24FN3S. The standard InChI is InChI=1S/C22H24FN3S/c23-18-3-1-16(2-4-18)5-9-25-10-7-19(8-11-25)26-12-6-17-13-22-20(14-21(17)26)24-15-27-22/h1-4,13-15,19H,5-12H2. The Balaban J connectivity index is 1.20. The molecule has 3 heterocycles. The van der Waals surface area contributed by atoms with Crippen molar-refractivity contribution in [2.45, 2.75) is 31.7 Å². The summed E-state index contributed by atoms with van der Waals surface area (Å²) in [6, 6.07) is 12.2. The third kappa shape index (κ3) is 3.46. The first-order valence-electron chi connectivity index (χ1n) is 9.86. The van der Waals surface area contributed by atoms with Crippen LogP contribution in [-0.2, 0) is 12.8 Å². The summed E-state index contributed by atoms with van der Waals surface area (Å²) >= 11 is 1.74. The summed E-state index contributed by atoms with van der Waals surface area (Å²) in [4.78, 5) is 9.69. The molecule has 0 aliphatic carbocycles. The van der Waals surface area contributed by atoms with Crippen LogP contribution in [0.5, 0.6) is 0 Å². The second kappa shape index (κ2) is 7.21. The number of rotatable bonds is 4. The normalized spacial score (nSPS) is 18.3. The van der Waals surface area contributed by atoms with Gasteiger partial charge in [-0.2, -0.15) is 0 Å². The maximum atomic E-state index is 13.0. The van der Waals surface area contributed by atoms with E-state index in [0.29, 0.717) is 6.04 Å². The van der Waals surface area contributed by atoms with E-state index in [1.165, 1.54) is 34.4 Å². The predicted molar refractivity (Wildman–Crippen MR) is 110 cm³/mol. The SMILES string of the molecule is Fc1ccc(CCN2CCC(N3CCc4cc5scnc5cc43)CC2)cc1. The number of hydrogen-bond acceptors (Lipinski definition) is 4. The highest BCUT2D eigenvalue weighted by Gasteiger charge is 2.29. The molecule has 140 valence electrons. The molecule has 1 saturated heterocycles. The third-order valence-electron chi connectivity index (χ3n) is 6.09. The van der Waals surface area contributed by atoms with E-state index in [0.717, 1.165) is 44.5 Å². The van der Waals surface area contributed by atoms with Crippen molar-refractivity contribution in [3.8, 4) is 0 Å². The Morgan fingerprint density at radius 2 is 1.89 bits per heavy atom. The molecule has 0 amide bonds. The van der Waals surface area contributed by atoms with E-state index in [-0.39, 0.29) is 5.82 Å². The number of fused-ring (bicyclic) bond motifs is 2. The molecule has 0 bridgehead atoms. The lowest BCUT2D eigenvalue weighted by Gasteiger charge is -2.38. The van der Waals surface area contributed by atoms with Crippen molar-refractivity contribution in [2.24, 2.45) is 0 Å². The van der Waals surface area contributed by atoms with Gasteiger partial charge in [-0.1, -0.05) is 12.1 Å². The van der Waals surface area contributed by atoms with Crippen LogP contribution in [0, 0.1) is 5.82 Å². The minimum Gasteiger partial charge on any atom is -0.368 e. The van der Waals surface area contributed by atoms with E-state index in [9.17, 15) is 4.39 Å². The van der Waals surface area contributed by atoms with Crippen LogP contribution in [0.4, 0.5) is 10.1 Å². The Labute approximate surface area is 163 Å². The Kier molecular flexibility index (Phi) is 4.58. The molecule has 3 nitrogen and oxygen atoms in total. The highest BCUT2D eigenvalue weighted by molar-refractivity contribution is 7.16. The molecule has 1 fully saturated rings. The second-order valence-corrected chi connectivity index (χ2v) is 8.58. The van der Waals surface area contributed by atoms with Gasteiger partial charge in [-0.05, 0) is 61.1 Å². The number of anilines is 1. The molecule has 0 N–H and O–H groups in total. The summed E-state index contributed by atoms with van der Waals surface area (Å²) in [6.07, 6.45) is 4.60. The predicted octanol–water partition coefficient (Wildman–Crippen LogP) is 4.51. The van der Waals surface area contributed by atoms with Gasteiger partial charge in [0.15, 0.2) is 0 Å². The molecule has 0 radical (unpaired) electrons. The molecule has 1 aromatic heterocycles. The zero-order valence-corrected chi connectivity index (χ0v) is 16.2. The van der Waals surface area contributed by atoms with Gasteiger partial charge in [-0.3, -0.25) is 0 Å². The quantitative estimate of drug-likeness (QED) is 0.663. The van der Waals surface area contributed by atoms with Crippen LogP contribution in [0.1, 0.15) is 24.0 Å². The molecular weight excluding hydrogens is 357 g/mol. The van der Waals surface area contributed by atoms with Gasteiger partial charge in [-0.15, -0.1) is 11.3 Å². The van der Waals surface area contributed by atoms with Crippen molar-refractivity contribution in [2.75, 3.05) is 31.1 Å². The van der Waals surface area contributed by atoms with Crippen molar-refractivity contribution < 1.29 is 4.39 Å². The fourth-order valence-electron chi connectivity index (χ4n) is 4.54. The van der Waals surface area contributed by atoms with Gasteiger partial charge in [0.2, 0.25) is 0 Å². The summed E-state index contributed by atoms with van der Waals surface area (Å²) in [7, 11) is 0. The molecule has 27 heavy (non-hydrogen) atoms. The lowest BCUT2D eigenvalue weighted by Crippen LogP contribution is -2.45. The largest absolute Gasteiger partial charge is 0.368 e. The van der Waals surface area contributed by atoms with Crippen LogP contribution < -0.4 is 4.90 Å². The van der Waals surface area contributed by atoms with Crippen molar-refractivity contribution in [1.82, 2.24) is 9.88 Å². The van der Waals surface area contributed by atoms with E-state index in [2.05, 4.69) is 26.9 Å². The van der Waals surface area contributed by atoms with Crippen molar-refractivity contribution >= 4 is 27.2 Å². The number of benzene rings is 2. The Morgan fingerprint density at radius 1 is 1.07 bits per heavy atom. The average Bonchev–Trinajstić information content (AvgIpc) is 3.32. The Bertz CT molecular complexity index is 928. The van der Waals surface area contributed by atoms with Gasteiger partial charge >= 0.3 is 0 Å². The van der Waals surface area contributed by atoms with E-state index in [1.807, 2.05) is 17.6 Å². The van der Waals surface area contributed by atoms with Crippen molar-refractivity contribution in [3.05, 3.63) is 58.9 Å². The smallest absolute Gasteiger partial charge is 0.123 e. The van der Waals surface area contributed by atoms with Crippen molar-refractivity contribution in [1.29, 1.82) is 0 Å². The molecule has 0 spiro atoms. The monoisotopic (exact) mass is 381 g/mol. The lowest BCUT2D eigenvalue weighted by atomic mass is 10.0. The molecule has 0 saturated carbocycles. The van der Waals surface area contributed by atoms with Crippen LogP contribution in [0.2, 0.25) is 0 Å². The van der Waals surface area contributed by atoms with Crippen molar-refractivity contribution in [3.63, 3.8) is 0 Å². The summed E-state index contributed by atoms with van der Waals surface area (Å²) in [5.74, 6) is -0.152. The van der Waals surface area contributed by atoms with E-state index >= 15 is 0 Å².